The number of carbonyl (C=O) groups excluding carboxylic acids is 3. The average Bonchev–Trinajstić information content (AvgIpc) is 2.65. The Morgan fingerprint density at radius 3 is 2.23 bits per heavy atom. The summed E-state index contributed by atoms with van der Waals surface area (Å²) in [6, 6.07) is 16.1. The molecule has 2 rings (SSSR count). The van der Waals surface area contributed by atoms with Crippen LogP contribution in [0.25, 0.3) is 0 Å². The highest BCUT2D eigenvalue weighted by molar-refractivity contribution is 5.99. The van der Waals surface area contributed by atoms with E-state index in [0.717, 1.165) is 11.1 Å². The van der Waals surface area contributed by atoms with Crippen LogP contribution in [0.15, 0.2) is 66.7 Å². The molecule has 2 aromatic rings. The molecule has 5 nitrogen and oxygen atoms in total. The summed E-state index contributed by atoms with van der Waals surface area (Å²) in [5.41, 5.74) is 2.27. The lowest BCUT2D eigenvalue weighted by Gasteiger charge is -2.08. The Hall–Kier alpha value is -3.21. The summed E-state index contributed by atoms with van der Waals surface area (Å²) >= 11 is 0. The van der Waals surface area contributed by atoms with Crippen LogP contribution in [0.1, 0.15) is 27.9 Å². The van der Waals surface area contributed by atoms with E-state index in [2.05, 4.69) is 6.58 Å². The summed E-state index contributed by atoms with van der Waals surface area (Å²) in [6.07, 6.45) is -0.287. The number of ether oxygens (including phenoxy) is 2. The van der Waals surface area contributed by atoms with Crippen LogP contribution in [0.2, 0.25) is 0 Å². The smallest absolute Gasteiger partial charge is 0.334 e. The zero-order valence-electron chi connectivity index (χ0n) is 14.6. The molecule has 0 N–H and O–H groups in total. The minimum absolute atomic E-state index is 0.0558. The molecule has 134 valence electrons. The van der Waals surface area contributed by atoms with Gasteiger partial charge in [-0.25, -0.2) is 4.79 Å². The molecule has 0 fully saturated rings. The first kappa shape index (κ1) is 19.1. The van der Waals surface area contributed by atoms with Crippen molar-refractivity contribution in [2.45, 2.75) is 20.0 Å². The fourth-order valence-electron chi connectivity index (χ4n) is 2.09. The van der Waals surface area contributed by atoms with Gasteiger partial charge < -0.3 is 9.47 Å². The predicted octanol–water partition coefficient (Wildman–Crippen LogP) is 3.41. The van der Waals surface area contributed by atoms with Crippen molar-refractivity contribution in [3.8, 4) is 0 Å². The van der Waals surface area contributed by atoms with Gasteiger partial charge in [-0.1, -0.05) is 66.7 Å². The zero-order valence-corrected chi connectivity index (χ0v) is 14.6. The van der Waals surface area contributed by atoms with E-state index in [1.165, 1.54) is 0 Å². The molecular weight excluding hydrogens is 332 g/mol. The summed E-state index contributed by atoms with van der Waals surface area (Å²) in [6.45, 7) is 5.15. The molecule has 0 aliphatic rings. The first-order chi connectivity index (χ1) is 12.5. The van der Waals surface area contributed by atoms with Crippen LogP contribution in [-0.2, 0) is 25.7 Å². The molecule has 0 amide bonds. The van der Waals surface area contributed by atoms with Gasteiger partial charge in [-0.3, -0.25) is 9.59 Å². The van der Waals surface area contributed by atoms with Crippen LogP contribution in [0, 0.1) is 6.92 Å². The molecule has 0 saturated carbocycles. The van der Waals surface area contributed by atoms with Gasteiger partial charge in [0.15, 0.2) is 12.4 Å². The van der Waals surface area contributed by atoms with Gasteiger partial charge in [0, 0.05) is 11.1 Å². The average molecular weight is 352 g/mol. The lowest BCUT2D eigenvalue weighted by Crippen LogP contribution is -2.17. The van der Waals surface area contributed by atoms with Crippen LogP contribution in [0.4, 0.5) is 0 Å². The molecule has 0 unspecified atom stereocenters. The maximum Gasteiger partial charge on any atom is 0.334 e. The summed E-state index contributed by atoms with van der Waals surface area (Å²) in [5, 5.41) is 0. The van der Waals surface area contributed by atoms with Crippen LogP contribution in [0.3, 0.4) is 0 Å². The van der Waals surface area contributed by atoms with Crippen molar-refractivity contribution in [2.24, 2.45) is 0 Å². The van der Waals surface area contributed by atoms with E-state index >= 15 is 0 Å². The fourth-order valence-corrected chi connectivity index (χ4v) is 2.09. The molecule has 5 heteroatoms. The van der Waals surface area contributed by atoms with E-state index in [-0.39, 0.29) is 24.4 Å². The highest BCUT2D eigenvalue weighted by Crippen LogP contribution is 2.08. The van der Waals surface area contributed by atoms with Crippen molar-refractivity contribution in [3.05, 3.63) is 83.4 Å². The Morgan fingerprint density at radius 1 is 0.923 bits per heavy atom. The highest BCUT2D eigenvalue weighted by Gasteiger charge is 2.16. The van der Waals surface area contributed by atoms with Crippen LogP contribution in [0.5, 0.6) is 0 Å². The van der Waals surface area contributed by atoms with E-state index < -0.39 is 18.5 Å². The molecule has 0 aliphatic heterocycles. The van der Waals surface area contributed by atoms with E-state index in [4.69, 9.17) is 9.47 Å². The summed E-state index contributed by atoms with van der Waals surface area (Å²) < 4.78 is 10.00. The number of aryl methyl sites for hydroxylation is 1. The number of Topliss-reactive ketones (excluding diaryl/α,β-unsaturated/α-hetero) is 1. The third kappa shape index (κ3) is 6.02. The van der Waals surface area contributed by atoms with Crippen LogP contribution in [-0.4, -0.2) is 24.3 Å². The number of ketones is 1. The van der Waals surface area contributed by atoms with Crippen molar-refractivity contribution in [1.82, 2.24) is 0 Å². The quantitative estimate of drug-likeness (QED) is 0.414. The Labute approximate surface area is 152 Å². The van der Waals surface area contributed by atoms with E-state index in [1.54, 1.807) is 24.3 Å². The van der Waals surface area contributed by atoms with Gasteiger partial charge in [0.2, 0.25) is 0 Å². The van der Waals surface area contributed by atoms with Crippen molar-refractivity contribution in [1.29, 1.82) is 0 Å². The number of rotatable bonds is 8. The molecule has 0 heterocycles. The third-order valence-electron chi connectivity index (χ3n) is 3.60. The first-order valence-electron chi connectivity index (χ1n) is 8.10. The van der Waals surface area contributed by atoms with Gasteiger partial charge >= 0.3 is 11.9 Å². The number of hydrogen-bond donors (Lipinski definition) is 0. The second kappa shape index (κ2) is 9.32. The second-order valence-electron chi connectivity index (χ2n) is 5.79. The van der Waals surface area contributed by atoms with Gasteiger partial charge in [0.05, 0.1) is 6.42 Å². The molecule has 0 aliphatic carbocycles. The minimum Gasteiger partial charge on any atom is -0.461 e. The minimum atomic E-state index is -0.790. The van der Waals surface area contributed by atoms with Crippen LogP contribution < -0.4 is 0 Å². The molecule has 0 radical (unpaired) electrons. The largest absolute Gasteiger partial charge is 0.461 e. The molecule has 0 saturated heterocycles. The van der Waals surface area contributed by atoms with Gasteiger partial charge in [0.25, 0.3) is 0 Å². The van der Waals surface area contributed by atoms with Gasteiger partial charge in [-0.2, -0.15) is 0 Å². The van der Waals surface area contributed by atoms with Crippen molar-refractivity contribution < 1.29 is 23.9 Å². The SMILES string of the molecule is C=C(CC(=O)OCc1ccccc1)C(=O)OCC(=O)c1ccc(C)cc1. The fraction of sp³-hybridized carbons (Fsp3) is 0.190. The zero-order chi connectivity index (χ0) is 18.9. The maximum atomic E-state index is 12.0. The molecule has 26 heavy (non-hydrogen) atoms. The monoisotopic (exact) mass is 352 g/mol. The number of hydrogen-bond acceptors (Lipinski definition) is 5. The molecule has 0 spiro atoms. The maximum absolute atomic E-state index is 12.0. The van der Waals surface area contributed by atoms with E-state index in [9.17, 15) is 14.4 Å². The van der Waals surface area contributed by atoms with E-state index in [0.29, 0.717) is 5.56 Å². The molecular formula is C21H20O5. The standard InChI is InChI=1S/C21H20O5/c1-15-8-10-18(11-9-15)19(22)14-26-21(24)16(2)12-20(23)25-13-17-6-4-3-5-7-17/h3-11H,2,12-14H2,1H3. The van der Waals surface area contributed by atoms with E-state index in [1.807, 2.05) is 37.3 Å². The summed E-state index contributed by atoms with van der Waals surface area (Å²) in [7, 11) is 0. The Balaban J connectivity index is 1.74. The first-order valence-corrected chi connectivity index (χ1v) is 8.10. The number of benzene rings is 2. The highest BCUT2D eigenvalue weighted by atomic mass is 16.5. The lowest BCUT2D eigenvalue weighted by molar-refractivity contribution is -0.146. The molecule has 0 aromatic heterocycles. The predicted molar refractivity (Wildman–Crippen MR) is 96.5 cm³/mol. The van der Waals surface area contributed by atoms with Gasteiger partial charge in [0.1, 0.15) is 6.61 Å². The van der Waals surface area contributed by atoms with Crippen molar-refractivity contribution in [3.63, 3.8) is 0 Å². The van der Waals surface area contributed by atoms with Gasteiger partial charge in [-0.15, -0.1) is 0 Å². The topological polar surface area (TPSA) is 69.7 Å². The summed E-state index contributed by atoms with van der Waals surface area (Å²) in [4.78, 5) is 35.6. The van der Waals surface area contributed by atoms with Crippen LogP contribution >= 0.6 is 0 Å². The summed E-state index contributed by atoms with van der Waals surface area (Å²) in [5.74, 6) is -1.69. The molecule has 2 aromatic carbocycles. The lowest BCUT2D eigenvalue weighted by atomic mass is 10.1. The number of esters is 2. The third-order valence-corrected chi connectivity index (χ3v) is 3.60. The Bertz CT molecular complexity index is 791. The number of carbonyl (C=O) groups is 3. The Kier molecular flexibility index (Phi) is 6.85. The molecule has 0 bridgehead atoms. The second-order valence-corrected chi connectivity index (χ2v) is 5.79. The normalized spacial score (nSPS) is 10.0. The Morgan fingerprint density at radius 2 is 1.58 bits per heavy atom. The van der Waals surface area contributed by atoms with Gasteiger partial charge in [-0.05, 0) is 12.5 Å². The van der Waals surface area contributed by atoms with Crippen molar-refractivity contribution >= 4 is 17.7 Å². The van der Waals surface area contributed by atoms with Crippen molar-refractivity contribution in [2.75, 3.05) is 6.61 Å². The molecule has 0 atom stereocenters.